The molecule has 14 rings (SSSR count). The van der Waals surface area contributed by atoms with E-state index in [0.29, 0.717) is 68.2 Å². The number of aromatic hydroxyl groups is 14. The number of halogens is 3. The summed E-state index contributed by atoms with van der Waals surface area (Å²) in [6.45, 7) is 48.6. The van der Waals surface area contributed by atoms with Gasteiger partial charge in [0.25, 0.3) is 0 Å². The third-order valence-electron chi connectivity index (χ3n) is 22.3. The molecule has 0 aromatic heterocycles. The molecule has 148 heavy (non-hydrogen) atoms. The Morgan fingerprint density at radius 3 is 1.10 bits per heavy atom. The molecule has 0 aliphatic carbocycles. The summed E-state index contributed by atoms with van der Waals surface area (Å²) in [6.07, 6.45) is 31.5. The fraction of sp³-hybridized carbons (Fsp3) is 0.169. The van der Waals surface area contributed by atoms with Crippen molar-refractivity contribution in [3.8, 4) is 158 Å². The Balaban J connectivity index is 0.000000852. The zero-order valence-corrected chi connectivity index (χ0v) is 88.3. The predicted molar refractivity (Wildman–Crippen MR) is 656 cm³/mol. The summed E-state index contributed by atoms with van der Waals surface area (Å²) in [5.74, 6) is 3.41. The van der Waals surface area contributed by atoms with Crippen LogP contribution in [0.4, 0.5) is 0 Å². The molecule has 0 saturated carbocycles. The van der Waals surface area contributed by atoms with Gasteiger partial charge in [0, 0.05) is 38.9 Å². The standard InChI is InChI=1S/3C18H18O2.C18H22O2.2C18H18O2.C16H14O2.6CH4.3HI.V/c1-3-6-13-8-5-9-16(18(13)20)14-10-11-17(19)15(12-14)7-4-2;1-3-6-13-8-5-9-17(20)18(13)15-10-11-16(19)14(12-15)7-4-2;1-3-5-13-7-10-18(20)17(11-13)16-9-8-15(19)12-14(16)6-4-2;1-3-5-13-7-9-18(20)16(11-13)14-8-10-17(19)15(12-14)6-4-2;1-3-5-13-7-9-16(18(20)11-13)14-8-10-17(19)15(12-14)6-4-2;1-3-5-13-9-16(12-17(19)10-13)14-7-8-18(20)15(11-14)6-4-2;1-3-11-5-7-16(18)14(9-11)13-6-8-15(17)12(4-2)10-13;;;;;;;;;;/h2*3-5,8-12,19-20H,1-2,6-7H2;3-4,7-12,19-20H,1-2,5-6H2;7-12,19-20H,3-6H2,1-2H3;2*3-4,7-12,19-20H,1-2,5-6H2;3-10,17-18H,1-2H2;6*1H4;3*1H;/q;;;;;;;;;;;;;;;;+3/p-3. The van der Waals surface area contributed by atoms with Gasteiger partial charge >= 0.3 is 64.9 Å². The van der Waals surface area contributed by atoms with Crippen molar-refractivity contribution in [3.05, 3.63) is 472 Å². The van der Waals surface area contributed by atoms with E-state index in [-0.39, 0.29) is 124 Å². The SMILES string of the molecule is C.C.C.C.C.C.C=CCc1cc(-c2c(O)cccc2CC=C)ccc1O.C=CCc1cc(-c2cccc(CC=C)c2O)ccc1O.C=CCc1cc(O)cc(-c2ccc(O)c(CC=C)c2)c1.C=CCc1ccc(-c2ccc(O)c(CC=C)c2)c(O)c1.C=CCc1ccc(O)c(-c2ccc(O)cc2CC=C)c1.C=Cc1ccc(O)c(-c2ccc(O)c(C=C)c2)c1.CCCc1ccc(O)c(-c2ccc(O)c(CCC)c2)c1.[I][V]([I])[I]. The number of phenolic OH excluding ortho intramolecular Hbond substituents is 14. The third-order valence-corrected chi connectivity index (χ3v) is 22.3. The van der Waals surface area contributed by atoms with Gasteiger partial charge in [0.2, 0.25) is 0 Å². The van der Waals surface area contributed by atoms with Crippen molar-refractivity contribution >= 4 is 72.1 Å². The van der Waals surface area contributed by atoms with Crippen LogP contribution >= 0.6 is 59.9 Å². The third kappa shape index (κ3) is 40.3. The van der Waals surface area contributed by atoms with E-state index in [2.05, 4.69) is 153 Å². The minimum absolute atomic E-state index is 0. The molecule has 0 aliphatic heterocycles. The van der Waals surface area contributed by atoms with Gasteiger partial charge in [0.15, 0.2) is 0 Å². The molecule has 14 aromatic rings. The Hall–Kier alpha value is -14.1. The second-order valence-electron chi connectivity index (χ2n) is 32.7. The average molecular weight is 2370 g/mol. The first-order valence-electron chi connectivity index (χ1n) is 45.9. The number of aryl methyl sites for hydroxylation is 2. The van der Waals surface area contributed by atoms with Crippen molar-refractivity contribution in [1.29, 1.82) is 0 Å². The Bertz CT molecular complexity index is 6720. The molecular formula is C130H150I3O14V. The number of hydrogen-bond donors (Lipinski definition) is 14. The molecule has 780 valence electrons. The number of rotatable bonds is 33. The Labute approximate surface area is 919 Å². The number of hydrogen-bond acceptors (Lipinski definition) is 14. The van der Waals surface area contributed by atoms with Crippen LogP contribution in [0, 0.1) is 0 Å². The number of para-hydroxylation sites is 1. The van der Waals surface area contributed by atoms with E-state index in [1.54, 1.807) is 182 Å². The van der Waals surface area contributed by atoms with Crippen LogP contribution < -0.4 is 0 Å². The van der Waals surface area contributed by atoms with Crippen molar-refractivity contribution in [2.24, 2.45) is 0 Å². The first-order chi connectivity index (χ1) is 68.3. The number of phenols is 14. The molecular weight excluding hydrogens is 2220 g/mol. The van der Waals surface area contributed by atoms with Gasteiger partial charge in [-0.15, -0.1) is 65.8 Å². The topological polar surface area (TPSA) is 283 Å². The van der Waals surface area contributed by atoms with Crippen LogP contribution in [0.15, 0.2) is 394 Å². The molecule has 0 heterocycles. The quantitative estimate of drug-likeness (QED) is 0.0135. The molecule has 0 radical (unpaired) electrons. The maximum absolute atomic E-state index is 10.3. The van der Waals surface area contributed by atoms with Gasteiger partial charge in [-0.2, -0.15) is 0 Å². The van der Waals surface area contributed by atoms with E-state index >= 15 is 0 Å². The van der Waals surface area contributed by atoms with Crippen molar-refractivity contribution in [1.82, 2.24) is 0 Å². The normalized spacial score (nSPS) is 9.80. The Morgan fingerprint density at radius 1 is 0.223 bits per heavy atom. The summed E-state index contributed by atoms with van der Waals surface area (Å²) >= 11 is 7.39. The molecule has 14 nitrogen and oxygen atoms in total. The number of benzene rings is 14. The van der Waals surface area contributed by atoms with Gasteiger partial charge in [-0.05, 0) is 339 Å². The zero-order valence-electron chi connectivity index (χ0n) is 80.4. The van der Waals surface area contributed by atoms with Gasteiger partial charge < -0.3 is 71.5 Å². The Morgan fingerprint density at radius 2 is 0.595 bits per heavy atom. The Kier molecular flexibility index (Phi) is 61.6. The summed E-state index contributed by atoms with van der Waals surface area (Å²) in [5.41, 5.74) is 24.7. The molecule has 0 unspecified atom stereocenters. The van der Waals surface area contributed by atoms with Crippen molar-refractivity contribution in [2.45, 2.75) is 148 Å². The molecule has 0 saturated heterocycles. The van der Waals surface area contributed by atoms with Gasteiger partial charge in [0.1, 0.15) is 80.5 Å². The molecule has 18 heteroatoms. The van der Waals surface area contributed by atoms with E-state index in [0.717, 1.165) is 178 Å². The van der Waals surface area contributed by atoms with Crippen LogP contribution in [-0.4, -0.2) is 71.5 Å². The molecule has 0 atom stereocenters. The van der Waals surface area contributed by atoms with Crippen molar-refractivity contribution in [3.63, 3.8) is 0 Å². The van der Waals surface area contributed by atoms with Crippen LogP contribution in [0.5, 0.6) is 80.5 Å². The van der Waals surface area contributed by atoms with E-state index in [1.165, 1.54) is 5.56 Å². The van der Waals surface area contributed by atoms with Gasteiger partial charge in [-0.3, -0.25) is 0 Å². The fourth-order valence-corrected chi connectivity index (χ4v) is 15.5. The maximum atomic E-state index is 10.3. The monoisotopic (exact) mass is 2370 g/mol. The van der Waals surface area contributed by atoms with Crippen LogP contribution in [0.3, 0.4) is 0 Å². The summed E-state index contributed by atoms with van der Waals surface area (Å²) in [7, 11) is 0. The molecule has 14 N–H and O–H groups in total. The van der Waals surface area contributed by atoms with E-state index in [4.69, 9.17) is 0 Å². The van der Waals surface area contributed by atoms with Crippen LogP contribution in [0.1, 0.15) is 149 Å². The average Bonchev–Trinajstić information content (AvgIpc) is 0.810. The second kappa shape index (κ2) is 69.1. The van der Waals surface area contributed by atoms with Gasteiger partial charge in [-0.25, -0.2) is 0 Å². The van der Waals surface area contributed by atoms with Crippen molar-refractivity contribution < 1.29 is 76.4 Å². The predicted octanol–water partition coefficient (Wildman–Crippen LogP) is 36.3. The van der Waals surface area contributed by atoms with E-state index in [1.807, 2.05) is 146 Å². The van der Waals surface area contributed by atoms with Crippen LogP contribution in [0.25, 0.3) is 90.0 Å². The zero-order chi connectivity index (χ0) is 104. The molecule has 0 bridgehead atoms. The minimum atomic E-state index is -0.278. The van der Waals surface area contributed by atoms with Gasteiger partial charge in [-0.1, -0.05) is 267 Å². The van der Waals surface area contributed by atoms with Crippen LogP contribution in [0.2, 0.25) is 0 Å². The summed E-state index contributed by atoms with van der Waals surface area (Å²) < 4.78 is 0. The fourth-order valence-electron chi connectivity index (χ4n) is 15.5. The number of allylic oxidation sites excluding steroid dienone is 10. The molecule has 0 aliphatic rings. The second-order valence-corrected chi connectivity index (χ2v) is 68.1. The van der Waals surface area contributed by atoms with Crippen molar-refractivity contribution in [2.75, 3.05) is 0 Å². The summed E-state index contributed by atoms with van der Waals surface area (Å²) in [4.78, 5) is -0.278. The first-order valence-corrected chi connectivity index (χ1v) is 59.5. The molecule has 0 fully saturated rings. The summed E-state index contributed by atoms with van der Waals surface area (Å²) in [6, 6.07) is 76.0. The summed E-state index contributed by atoms with van der Waals surface area (Å²) in [5, 5.41) is 139. The van der Waals surface area contributed by atoms with E-state index < -0.39 is 0 Å². The molecule has 14 aromatic carbocycles. The molecule has 0 spiro atoms. The first kappa shape index (κ1) is 132. The van der Waals surface area contributed by atoms with E-state index in [9.17, 15) is 71.5 Å². The van der Waals surface area contributed by atoms with Gasteiger partial charge in [0.05, 0.1) is 0 Å². The molecule has 0 amide bonds. The van der Waals surface area contributed by atoms with Crippen LogP contribution in [-0.2, 0) is 82.0 Å².